The zero-order chi connectivity index (χ0) is 29.1. The number of halogens is 2. The van der Waals surface area contributed by atoms with Crippen molar-refractivity contribution in [2.24, 2.45) is 10.4 Å². The van der Waals surface area contributed by atoms with E-state index < -0.39 is 29.4 Å². The minimum atomic E-state index is -1.16. The maximum absolute atomic E-state index is 15.1. The molecule has 1 atom stereocenters. The van der Waals surface area contributed by atoms with Crippen molar-refractivity contribution in [1.29, 1.82) is 10.5 Å². The van der Waals surface area contributed by atoms with Crippen molar-refractivity contribution in [3.8, 4) is 40.5 Å². The number of aliphatic imine (C=N–C) groups is 1. The molecular formula is C29H24F2N6O4. The van der Waals surface area contributed by atoms with E-state index in [1.165, 1.54) is 12.3 Å². The topological polar surface area (TPSA) is 149 Å². The number of aromatic nitrogens is 2. The molecule has 0 radical (unpaired) electrons. The lowest BCUT2D eigenvalue weighted by Gasteiger charge is -2.27. The summed E-state index contributed by atoms with van der Waals surface area (Å²) in [7, 11) is 0. The van der Waals surface area contributed by atoms with Gasteiger partial charge in [-0.25, -0.2) is 18.8 Å². The molecule has 0 bridgehead atoms. The largest absolute Gasteiger partial charge is 0.490 e. The monoisotopic (exact) mass is 558 g/mol. The van der Waals surface area contributed by atoms with Gasteiger partial charge in [-0.1, -0.05) is 6.07 Å². The molecule has 1 aliphatic heterocycles. The van der Waals surface area contributed by atoms with Gasteiger partial charge in [-0.05, 0) is 37.6 Å². The Labute approximate surface area is 233 Å². The summed E-state index contributed by atoms with van der Waals surface area (Å²) in [6.07, 6.45) is 3.00. The third kappa shape index (κ3) is 5.46. The van der Waals surface area contributed by atoms with Gasteiger partial charge in [-0.15, -0.1) is 0 Å². The third-order valence-electron chi connectivity index (χ3n) is 6.32. The van der Waals surface area contributed by atoms with Crippen molar-refractivity contribution >= 4 is 22.7 Å². The van der Waals surface area contributed by atoms with Crippen molar-refractivity contribution in [1.82, 2.24) is 9.97 Å². The van der Waals surface area contributed by atoms with E-state index in [-0.39, 0.29) is 36.7 Å². The first-order valence-electron chi connectivity index (χ1n) is 12.6. The van der Waals surface area contributed by atoms with Crippen LogP contribution in [0.5, 0.6) is 17.2 Å². The van der Waals surface area contributed by atoms with Crippen LogP contribution in [0.4, 0.5) is 14.5 Å². The normalized spacial score (nSPS) is 16.4. The van der Waals surface area contributed by atoms with Crippen molar-refractivity contribution in [2.45, 2.75) is 20.0 Å². The Bertz CT molecular complexity index is 1720. The van der Waals surface area contributed by atoms with Crippen molar-refractivity contribution in [2.75, 3.05) is 25.1 Å². The first-order chi connectivity index (χ1) is 19.8. The second-order valence-corrected chi connectivity index (χ2v) is 9.68. The highest BCUT2D eigenvalue weighted by Gasteiger charge is 2.34. The van der Waals surface area contributed by atoms with E-state index >= 15 is 8.78 Å². The van der Waals surface area contributed by atoms with Gasteiger partial charge < -0.3 is 29.6 Å². The molecule has 0 amide bonds. The molecule has 1 aliphatic rings. The molecule has 2 aromatic carbocycles. The van der Waals surface area contributed by atoms with Crippen LogP contribution in [-0.2, 0) is 4.74 Å². The van der Waals surface area contributed by atoms with E-state index in [1.807, 2.05) is 19.9 Å². The van der Waals surface area contributed by atoms with Crippen molar-refractivity contribution < 1.29 is 28.1 Å². The number of pyridine rings is 1. The van der Waals surface area contributed by atoms with Crippen LogP contribution < -0.4 is 14.8 Å². The van der Waals surface area contributed by atoms with Gasteiger partial charge in [0.05, 0.1) is 36.3 Å². The molecule has 0 saturated heterocycles. The molecule has 2 aromatic heterocycles. The Balaban J connectivity index is 1.44. The average molecular weight is 559 g/mol. The van der Waals surface area contributed by atoms with Crippen LogP contribution >= 0.6 is 0 Å². The van der Waals surface area contributed by atoms with E-state index in [0.717, 1.165) is 12.1 Å². The van der Waals surface area contributed by atoms with Gasteiger partial charge in [0.2, 0.25) is 0 Å². The fraction of sp³-hybridized carbons (Fsp3) is 0.241. The number of fused-ring (bicyclic) bond motifs is 1. The number of hydrogen-bond acceptors (Lipinski definition) is 9. The highest BCUT2D eigenvalue weighted by molar-refractivity contribution is 5.98. The molecule has 0 unspecified atom stereocenters. The van der Waals surface area contributed by atoms with Crippen LogP contribution in [-0.4, -0.2) is 47.0 Å². The van der Waals surface area contributed by atoms with Crippen LogP contribution in [0.25, 0.3) is 22.2 Å². The summed E-state index contributed by atoms with van der Waals surface area (Å²) < 4.78 is 47.1. The quantitative estimate of drug-likeness (QED) is 0.278. The molecule has 10 nitrogen and oxygen atoms in total. The standard InChI is InChI=1S/C29H24F2N6O4/c1-16(2)40-23-4-3-17(7-18(23)10-32)20-11-35-27-25(20)24(5-6-34-27)41-26-21(30)8-19(9-22(26)31)37-28-36-13-29(12-33,14-38)15-39-28/h3-9,11,16,38H,13-15H2,1-2H3,(H,34,35)(H,36,37)/t29-/m0/s1. The maximum atomic E-state index is 15.1. The number of aliphatic hydroxyl groups is 1. The van der Waals surface area contributed by atoms with Gasteiger partial charge >= 0.3 is 0 Å². The maximum Gasteiger partial charge on any atom is 0.289 e. The summed E-state index contributed by atoms with van der Waals surface area (Å²) in [5.74, 6) is -2.03. The molecule has 208 valence electrons. The number of ether oxygens (including phenoxy) is 3. The van der Waals surface area contributed by atoms with E-state index in [0.29, 0.717) is 33.5 Å². The number of H-pyrrole nitrogens is 1. The fourth-order valence-electron chi connectivity index (χ4n) is 4.24. The highest BCUT2D eigenvalue weighted by atomic mass is 19.1. The number of amidine groups is 1. The Kier molecular flexibility index (Phi) is 7.42. The number of nitriles is 2. The van der Waals surface area contributed by atoms with Crippen LogP contribution in [0.15, 0.2) is 53.8 Å². The number of anilines is 1. The molecule has 3 heterocycles. The van der Waals surface area contributed by atoms with Crippen LogP contribution in [0, 0.1) is 39.7 Å². The third-order valence-corrected chi connectivity index (χ3v) is 6.32. The van der Waals surface area contributed by atoms with Gasteiger partial charge in [0.1, 0.15) is 35.2 Å². The molecule has 41 heavy (non-hydrogen) atoms. The lowest BCUT2D eigenvalue weighted by molar-refractivity contribution is 0.0989. The summed E-state index contributed by atoms with van der Waals surface area (Å²) in [5, 5.41) is 31.4. The van der Waals surface area contributed by atoms with Crippen LogP contribution in [0.3, 0.4) is 0 Å². The summed E-state index contributed by atoms with van der Waals surface area (Å²) in [6, 6.07) is 12.7. The first-order valence-corrected chi connectivity index (χ1v) is 12.6. The Morgan fingerprint density at radius 2 is 1.95 bits per heavy atom. The molecule has 12 heteroatoms. The van der Waals surface area contributed by atoms with E-state index in [4.69, 9.17) is 14.2 Å². The van der Waals surface area contributed by atoms with Crippen molar-refractivity contribution in [3.05, 3.63) is 66.0 Å². The number of nitrogens with zero attached hydrogens (tertiary/aromatic N) is 4. The molecular weight excluding hydrogens is 534 g/mol. The molecule has 0 fully saturated rings. The van der Waals surface area contributed by atoms with Gasteiger partial charge in [-0.3, -0.25) is 0 Å². The number of nitrogens with one attached hydrogen (secondary N) is 2. The first kappa shape index (κ1) is 27.4. The van der Waals surface area contributed by atoms with Gasteiger partial charge in [0.15, 0.2) is 17.4 Å². The number of hydrogen-bond donors (Lipinski definition) is 3. The van der Waals surface area contributed by atoms with Crippen LogP contribution in [0.1, 0.15) is 19.4 Å². The Morgan fingerprint density at radius 1 is 1.17 bits per heavy atom. The van der Waals surface area contributed by atoms with Crippen LogP contribution in [0.2, 0.25) is 0 Å². The summed E-state index contributed by atoms with van der Waals surface area (Å²) in [6.45, 7) is 3.13. The Hall–Kier alpha value is -5.20. The lowest BCUT2D eigenvalue weighted by Crippen LogP contribution is -2.39. The molecule has 4 aromatic rings. The molecule has 0 aliphatic carbocycles. The van der Waals surface area contributed by atoms with E-state index in [1.54, 1.807) is 24.4 Å². The Morgan fingerprint density at radius 3 is 2.59 bits per heavy atom. The molecule has 3 N–H and O–H groups in total. The highest BCUT2D eigenvalue weighted by Crippen LogP contribution is 2.39. The predicted octanol–water partition coefficient (Wildman–Crippen LogP) is 5.26. The predicted molar refractivity (Wildman–Crippen MR) is 145 cm³/mol. The van der Waals surface area contributed by atoms with Gasteiger partial charge in [0, 0.05) is 35.8 Å². The van der Waals surface area contributed by atoms with Crippen molar-refractivity contribution in [3.63, 3.8) is 0 Å². The summed E-state index contributed by atoms with van der Waals surface area (Å²) in [5.41, 5.74) is 0.858. The SMILES string of the molecule is CC(C)Oc1ccc(-c2c[nH]c3nccc(Oc4c(F)cc(NC5=NC[C@@](C#N)(CO)CO5)cc4F)c23)cc1C#N. The molecule has 5 rings (SSSR count). The number of benzene rings is 2. The zero-order valence-electron chi connectivity index (χ0n) is 22.0. The summed E-state index contributed by atoms with van der Waals surface area (Å²) in [4.78, 5) is 11.4. The average Bonchev–Trinajstić information content (AvgIpc) is 3.41. The second kappa shape index (κ2) is 11.1. The number of aromatic amines is 1. The van der Waals surface area contributed by atoms with Gasteiger partial charge in [-0.2, -0.15) is 10.5 Å². The lowest BCUT2D eigenvalue weighted by atomic mass is 9.92. The van der Waals surface area contributed by atoms with E-state index in [9.17, 15) is 15.6 Å². The fourth-order valence-corrected chi connectivity index (χ4v) is 4.24. The molecule has 0 spiro atoms. The molecule has 0 saturated carbocycles. The smallest absolute Gasteiger partial charge is 0.289 e. The number of rotatable bonds is 7. The number of aliphatic hydroxyl groups excluding tert-OH is 1. The van der Waals surface area contributed by atoms with E-state index in [2.05, 4.69) is 26.3 Å². The summed E-state index contributed by atoms with van der Waals surface area (Å²) >= 11 is 0. The minimum Gasteiger partial charge on any atom is -0.490 e. The second-order valence-electron chi connectivity index (χ2n) is 9.68. The zero-order valence-corrected chi connectivity index (χ0v) is 22.0. The minimum absolute atomic E-state index is 0.00880. The van der Waals surface area contributed by atoms with Gasteiger partial charge in [0.25, 0.3) is 6.02 Å².